The molecule has 3 rings (SSSR count). The third-order valence-electron chi connectivity index (χ3n) is 3.76. The standard InChI is InChI=1S/C14H15N3/c15-7-10-6-12(9-16-8-10)13-4-3-11-2-1-5-17-14(11)13/h4,6,8-9,11,14,17H,1-3,5H2/t11-,14-/m0/s1. The Hall–Kier alpha value is -1.66. The number of pyridine rings is 1. The number of hydrogen-bond acceptors (Lipinski definition) is 3. The number of fused-ring (bicyclic) bond motifs is 1. The van der Waals surface area contributed by atoms with Crippen molar-refractivity contribution >= 4 is 5.57 Å². The summed E-state index contributed by atoms with van der Waals surface area (Å²) < 4.78 is 0. The van der Waals surface area contributed by atoms with E-state index in [0.29, 0.717) is 11.6 Å². The van der Waals surface area contributed by atoms with Crippen LogP contribution in [0, 0.1) is 17.2 Å². The van der Waals surface area contributed by atoms with Crippen LogP contribution >= 0.6 is 0 Å². The van der Waals surface area contributed by atoms with Crippen LogP contribution in [0.4, 0.5) is 0 Å². The minimum Gasteiger partial charge on any atom is -0.310 e. The van der Waals surface area contributed by atoms with E-state index >= 15 is 0 Å². The van der Waals surface area contributed by atoms with Gasteiger partial charge in [-0.3, -0.25) is 4.98 Å². The first kappa shape index (κ1) is 10.5. The lowest BCUT2D eigenvalue weighted by Gasteiger charge is -2.29. The molecular weight excluding hydrogens is 210 g/mol. The van der Waals surface area contributed by atoms with Crippen molar-refractivity contribution in [3.05, 3.63) is 35.7 Å². The van der Waals surface area contributed by atoms with Crippen LogP contribution in [-0.2, 0) is 0 Å². The van der Waals surface area contributed by atoms with Crippen LogP contribution in [0.3, 0.4) is 0 Å². The van der Waals surface area contributed by atoms with Crippen LogP contribution in [0.2, 0.25) is 0 Å². The first-order valence-electron chi connectivity index (χ1n) is 6.17. The minimum atomic E-state index is 0.472. The van der Waals surface area contributed by atoms with Gasteiger partial charge in [-0.25, -0.2) is 0 Å². The van der Waals surface area contributed by atoms with Crippen LogP contribution in [0.15, 0.2) is 24.5 Å². The maximum absolute atomic E-state index is 8.91. The van der Waals surface area contributed by atoms with Crippen molar-refractivity contribution in [3.8, 4) is 6.07 Å². The largest absolute Gasteiger partial charge is 0.310 e. The molecule has 0 spiro atoms. The Morgan fingerprint density at radius 2 is 2.35 bits per heavy atom. The smallest absolute Gasteiger partial charge is 0.101 e. The molecule has 2 heterocycles. The summed E-state index contributed by atoms with van der Waals surface area (Å²) in [6.45, 7) is 1.10. The van der Waals surface area contributed by atoms with Crippen molar-refractivity contribution in [2.75, 3.05) is 6.54 Å². The van der Waals surface area contributed by atoms with Gasteiger partial charge in [0.25, 0.3) is 0 Å². The lowest BCUT2D eigenvalue weighted by atomic mass is 9.88. The molecule has 17 heavy (non-hydrogen) atoms. The van der Waals surface area contributed by atoms with Gasteiger partial charge in [-0.2, -0.15) is 5.26 Å². The molecule has 3 nitrogen and oxygen atoms in total. The molecule has 86 valence electrons. The summed E-state index contributed by atoms with van der Waals surface area (Å²) in [6.07, 6.45) is 9.54. The topological polar surface area (TPSA) is 48.7 Å². The normalized spacial score (nSPS) is 27.1. The molecule has 1 N–H and O–H groups in total. The van der Waals surface area contributed by atoms with E-state index in [1.807, 2.05) is 12.3 Å². The highest BCUT2D eigenvalue weighted by Gasteiger charge is 2.32. The van der Waals surface area contributed by atoms with E-state index in [1.165, 1.54) is 18.4 Å². The van der Waals surface area contributed by atoms with E-state index in [-0.39, 0.29) is 0 Å². The van der Waals surface area contributed by atoms with E-state index in [0.717, 1.165) is 24.4 Å². The molecule has 1 aromatic rings. The van der Waals surface area contributed by atoms with Gasteiger partial charge in [0, 0.05) is 18.4 Å². The quantitative estimate of drug-likeness (QED) is 0.796. The molecule has 0 saturated carbocycles. The summed E-state index contributed by atoms with van der Waals surface area (Å²) >= 11 is 0. The summed E-state index contributed by atoms with van der Waals surface area (Å²) in [6, 6.07) is 4.57. The van der Waals surface area contributed by atoms with E-state index in [2.05, 4.69) is 22.4 Å². The van der Waals surface area contributed by atoms with Crippen LogP contribution in [0.5, 0.6) is 0 Å². The first-order valence-corrected chi connectivity index (χ1v) is 6.17. The monoisotopic (exact) mass is 225 g/mol. The van der Waals surface area contributed by atoms with E-state index in [1.54, 1.807) is 6.20 Å². The lowest BCUT2D eigenvalue weighted by molar-refractivity contribution is 0.346. The van der Waals surface area contributed by atoms with Gasteiger partial charge >= 0.3 is 0 Å². The van der Waals surface area contributed by atoms with Gasteiger partial charge in [0.1, 0.15) is 6.07 Å². The Bertz CT molecular complexity index is 498. The van der Waals surface area contributed by atoms with Crippen molar-refractivity contribution in [2.45, 2.75) is 25.3 Å². The Morgan fingerprint density at radius 3 is 3.24 bits per heavy atom. The van der Waals surface area contributed by atoms with Crippen molar-refractivity contribution in [1.82, 2.24) is 10.3 Å². The number of piperidine rings is 1. The summed E-state index contributed by atoms with van der Waals surface area (Å²) in [5.41, 5.74) is 3.08. The molecule has 1 fully saturated rings. The number of nitriles is 1. The Kier molecular flexibility index (Phi) is 2.66. The molecule has 0 radical (unpaired) electrons. The molecular formula is C14H15N3. The lowest BCUT2D eigenvalue weighted by Crippen LogP contribution is -2.39. The highest BCUT2D eigenvalue weighted by molar-refractivity contribution is 5.72. The Morgan fingerprint density at radius 1 is 1.41 bits per heavy atom. The average Bonchev–Trinajstić information content (AvgIpc) is 2.82. The van der Waals surface area contributed by atoms with Crippen molar-refractivity contribution < 1.29 is 0 Å². The fourth-order valence-electron chi connectivity index (χ4n) is 2.93. The molecule has 1 aliphatic heterocycles. The van der Waals surface area contributed by atoms with Gasteiger partial charge in [0.15, 0.2) is 0 Å². The number of aromatic nitrogens is 1. The predicted octanol–water partition coefficient (Wildman–Crippen LogP) is 2.11. The Balaban J connectivity index is 1.91. The van der Waals surface area contributed by atoms with E-state index < -0.39 is 0 Å². The molecule has 1 aromatic heterocycles. The fourth-order valence-corrected chi connectivity index (χ4v) is 2.93. The van der Waals surface area contributed by atoms with Crippen LogP contribution in [0.25, 0.3) is 5.57 Å². The Labute approximate surface area is 101 Å². The molecule has 3 heteroatoms. The number of nitrogens with one attached hydrogen (secondary N) is 1. The average molecular weight is 225 g/mol. The number of nitrogens with zero attached hydrogens (tertiary/aromatic N) is 2. The number of rotatable bonds is 1. The maximum atomic E-state index is 8.91. The summed E-state index contributed by atoms with van der Waals surface area (Å²) in [7, 11) is 0. The van der Waals surface area contributed by atoms with E-state index in [4.69, 9.17) is 5.26 Å². The second kappa shape index (κ2) is 4.31. The molecule has 0 unspecified atom stereocenters. The van der Waals surface area contributed by atoms with Crippen LogP contribution < -0.4 is 5.32 Å². The summed E-state index contributed by atoms with van der Waals surface area (Å²) in [5, 5.41) is 12.5. The van der Waals surface area contributed by atoms with Crippen LogP contribution in [-0.4, -0.2) is 17.6 Å². The zero-order chi connectivity index (χ0) is 11.7. The van der Waals surface area contributed by atoms with Gasteiger partial charge in [-0.05, 0) is 48.9 Å². The van der Waals surface area contributed by atoms with Gasteiger partial charge in [0.2, 0.25) is 0 Å². The molecule has 0 amide bonds. The molecule has 0 aromatic carbocycles. The first-order chi connectivity index (χ1) is 8.38. The van der Waals surface area contributed by atoms with Crippen molar-refractivity contribution in [1.29, 1.82) is 5.26 Å². The second-order valence-corrected chi connectivity index (χ2v) is 4.80. The predicted molar refractivity (Wildman–Crippen MR) is 66.1 cm³/mol. The van der Waals surface area contributed by atoms with Gasteiger partial charge in [0.05, 0.1) is 5.56 Å². The summed E-state index contributed by atoms with van der Waals surface area (Å²) in [5.74, 6) is 0.740. The third-order valence-corrected chi connectivity index (χ3v) is 3.76. The zero-order valence-electron chi connectivity index (χ0n) is 9.69. The molecule has 2 atom stereocenters. The highest BCUT2D eigenvalue weighted by atomic mass is 14.9. The highest BCUT2D eigenvalue weighted by Crippen LogP contribution is 2.36. The van der Waals surface area contributed by atoms with Gasteiger partial charge in [-0.1, -0.05) is 6.08 Å². The molecule has 1 saturated heterocycles. The number of hydrogen-bond donors (Lipinski definition) is 1. The third kappa shape index (κ3) is 1.85. The van der Waals surface area contributed by atoms with Gasteiger partial charge < -0.3 is 5.32 Å². The van der Waals surface area contributed by atoms with Crippen molar-refractivity contribution in [2.24, 2.45) is 5.92 Å². The van der Waals surface area contributed by atoms with Gasteiger partial charge in [-0.15, -0.1) is 0 Å². The van der Waals surface area contributed by atoms with E-state index in [9.17, 15) is 0 Å². The number of allylic oxidation sites excluding steroid dienone is 1. The summed E-state index contributed by atoms with van der Waals surface area (Å²) in [4.78, 5) is 4.15. The molecule has 1 aliphatic carbocycles. The SMILES string of the molecule is N#Cc1cncc(C2=CC[C@@H]3CCCN[C@H]23)c1. The fraction of sp³-hybridized carbons (Fsp3) is 0.429. The molecule has 2 aliphatic rings. The maximum Gasteiger partial charge on any atom is 0.101 e. The second-order valence-electron chi connectivity index (χ2n) is 4.80. The zero-order valence-corrected chi connectivity index (χ0v) is 9.69. The van der Waals surface area contributed by atoms with Crippen LogP contribution in [0.1, 0.15) is 30.4 Å². The molecule has 0 bridgehead atoms. The minimum absolute atomic E-state index is 0.472. The van der Waals surface area contributed by atoms with Crippen molar-refractivity contribution in [3.63, 3.8) is 0 Å².